The molecule has 0 aliphatic carbocycles. The lowest BCUT2D eigenvalue weighted by Crippen LogP contribution is -2.34. The van der Waals surface area contributed by atoms with E-state index in [0.29, 0.717) is 11.3 Å². The van der Waals surface area contributed by atoms with Gasteiger partial charge in [0.2, 0.25) is 0 Å². The number of amides is 2. The quantitative estimate of drug-likeness (QED) is 0.255. The average Bonchev–Trinajstić information content (AvgIpc) is 2.89. The maximum absolute atomic E-state index is 12.9. The van der Waals surface area contributed by atoms with Crippen LogP contribution in [0.25, 0.3) is 11.1 Å². The molecule has 0 bridgehead atoms. The highest BCUT2D eigenvalue weighted by atomic mass is 32.1. The highest BCUT2D eigenvalue weighted by molar-refractivity contribution is 7.80. The van der Waals surface area contributed by atoms with Gasteiger partial charge in [0.25, 0.3) is 11.8 Å². The monoisotopic (exact) mass is 519 g/mol. The van der Waals surface area contributed by atoms with Crippen molar-refractivity contribution in [3.63, 3.8) is 0 Å². The van der Waals surface area contributed by atoms with E-state index in [1.54, 1.807) is 24.3 Å². The van der Waals surface area contributed by atoms with Crippen molar-refractivity contribution in [2.45, 2.75) is 6.18 Å². The predicted octanol–water partition coefficient (Wildman–Crippen LogP) is 6.75. The van der Waals surface area contributed by atoms with Crippen molar-refractivity contribution in [3.8, 4) is 11.1 Å². The second kappa shape index (κ2) is 11.0. The predicted molar refractivity (Wildman–Crippen MR) is 141 cm³/mol. The van der Waals surface area contributed by atoms with Crippen LogP contribution >= 0.6 is 12.2 Å². The van der Waals surface area contributed by atoms with Crippen molar-refractivity contribution in [1.82, 2.24) is 5.32 Å². The minimum Gasteiger partial charge on any atom is -0.332 e. The largest absolute Gasteiger partial charge is 0.416 e. The van der Waals surface area contributed by atoms with Crippen LogP contribution in [-0.4, -0.2) is 16.9 Å². The minimum atomic E-state index is -4.52. The van der Waals surface area contributed by atoms with Crippen LogP contribution in [0.4, 0.5) is 24.5 Å². The molecular formula is C28H20F3N3O2S. The van der Waals surface area contributed by atoms with E-state index < -0.39 is 23.6 Å². The Morgan fingerprint density at radius 2 is 1.24 bits per heavy atom. The standard InChI is InChI=1S/C28H20F3N3O2S/c29-28(30,31)22-9-5-11-24(17-22)32-26(36)21-8-4-10-23(16-21)33-27(37)34-25(35)20-14-12-19(13-15-20)18-6-2-1-3-7-18/h1-17H,(H,32,36)(H2,33,34,35,37). The molecule has 2 amide bonds. The third kappa shape index (κ3) is 6.80. The van der Waals surface area contributed by atoms with E-state index in [0.717, 1.165) is 23.3 Å². The molecule has 0 aromatic heterocycles. The highest BCUT2D eigenvalue weighted by Gasteiger charge is 2.30. The van der Waals surface area contributed by atoms with Gasteiger partial charge >= 0.3 is 6.18 Å². The first-order valence-electron chi connectivity index (χ1n) is 11.1. The fourth-order valence-electron chi connectivity index (χ4n) is 3.50. The molecule has 0 spiro atoms. The molecule has 0 heterocycles. The number of rotatable bonds is 5. The third-order valence-corrected chi connectivity index (χ3v) is 5.52. The first kappa shape index (κ1) is 25.6. The van der Waals surface area contributed by atoms with Crippen molar-refractivity contribution in [1.29, 1.82) is 0 Å². The number of carbonyl (C=O) groups is 2. The number of carbonyl (C=O) groups excluding carboxylic acids is 2. The molecule has 0 aliphatic rings. The Kier molecular flexibility index (Phi) is 7.64. The number of anilines is 2. The van der Waals surface area contributed by atoms with E-state index in [9.17, 15) is 22.8 Å². The molecule has 4 aromatic rings. The van der Waals surface area contributed by atoms with Gasteiger partial charge in [-0.1, -0.05) is 54.6 Å². The smallest absolute Gasteiger partial charge is 0.332 e. The topological polar surface area (TPSA) is 70.2 Å². The van der Waals surface area contributed by atoms with Gasteiger partial charge in [-0.25, -0.2) is 0 Å². The lowest BCUT2D eigenvalue weighted by Gasteiger charge is -2.12. The van der Waals surface area contributed by atoms with E-state index in [4.69, 9.17) is 12.2 Å². The molecule has 0 atom stereocenters. The molecule has 9 heteroatoms. The van der Waals surface area contributed by atoms with Crippen molar-refractivity contribution < 1.29 is 22.8 Å². The summed E-state index contributed by atoms with van der Waals surface area (Å²) in [6, 6.07) is 27.4. The molecule has 0 saturated carbocycles. The van der Waals surface area contributed by atoms with Gasteiger partial charge in [0.1, 0.15) is 0 Å². The van der Waals surface area contributed by atoms with Gasteiger partial charge < -0.3 is 10.6 Å². The molecule has 0 radical (unpaired) electrons. The molecule has 0 unspecified atom stereocenters. The number of halogens is 3. The van der Waals surface area contributed by atoms with Crippen molar-refractivity contribution in [3.05, 3.63) is 120 Å². The molecule has 4 aromatic carbocycles. The summed E-state index contributed by atoms with van der Waals surface area (Å²) in [4.78, 5) is 25.2. The molecule has 0 fully saturated rings. The fraction of sp³-hybridized carbons (Fsp3) is 0.0357. The van der Waals surface area contributed by atoms with Crippen LogP contribution in [0.2, 0.25) is 0 Å². The summed E-state index contributed by atoms with van der Waals surface area (Å²) in [6.07, 6.45) is -4.52. The molecular weight excluding hydrogens is 499 g/mol. The Morgan fingerprint density at radius 3 is 1.92 bits per heavy atom. The number of thiocarbonyl (C=S) groups is 1. The van der Waals surface area contributed by atoms with Gasteiger partial charge in [-0.05, 0) is 71.9 Å². The normalized spacial score (nSPS) is 10.9. The summed E-state index contributed by atoms with van der Waals surface area (Å²) in [6.45, 7) is 0. The second-order valence-electron chi connectivity index (χ2n) is 7.97. The lowest BCUT2D eigenvalue weighted by molar-refractivity contribution is -0.137. The Balaban J connectivity index is 1.37. The Bertz CT molecular complexity index is 1440. The van der Waals surface area contributed by atoms with Gasteiger partial charge in [0.05, 0.1) is 5.56 Å². The fourth-order valence-corrected chi connectivity index (χ4v) is 3.71. The van der Waals surface area contributed by atoms with Crippen molar-refractivity contribution in [2.24, 2.45) is 0 Å². The minimum absolute atomic E-state index is 0.0132. The molecule has 4 rings (SSSR count). The van der Waals surface area contributed by atoms with Gasteiger partial charge in [-0.2, -0.15) is 13.2 Å². The van der Waals surface area contributed by atoms with E-state index in [-0.39, 0.29) is 16.4 Å². The second-order valence-corrected chi connectivity index (χ2v) is 8.37. The van der Waals surface area contributed by atoms with E-state index in [1.165, 1.54) is 24.3 Å². The molecule has 3 N–H and O–H groups in total. The summed E-state index contributed by atoms with van der Waals surface area (Å²) < 4.78 is 38.8. The van der Waals surface area contributed by atoms with E-state index >= 15 is 0 Å². The number of benzene rings is 4. The van der Waals surface area contributed by atoms with E-state index in [2.05, 4.69) is 16.0 Å². The number of hydrogen-bond donors (Lipinski definition) is 3. The van der Waals surface area contributed by atoms with Gasteiger partial charge in [0.15, 0.2) is 5.11 Å². The zero-order chi connectivity index (χ0) is 26.4. The van der Waals surface area contributed by atoms with Crippen LogP contribution in [-0.2, 0) is 6.18 Å². The van der Waals surface area contributed by atoms with Crippen LogP contribution in [0.3, 0.4) is 0 Å². The zero-order valence-corrected chi connectivity index (χ0v) is 20.0. The maximum Gasteiger partial charge on any atom is 0.416 e. The van der Waals surface area contributed by atoms with Gasteiger partial charge in [-0.15, -0.1) is 0 Å². The Labute approximate surface area is 216 Å². The first-order valence-corrected chi connectivity index (χ1v) is 11.5. The molecule has 5 nitrogen and oxygen atoms in total. The SMILES string of the molecule is O=C(NC(=S)Nc1cccc(C(=O)Nc2cccc(C(F)(F)F)c2)c1)c1ccc(-c2ccccc2)cc1. The number of nitrogens with one attached hydrogen (secondary N) is 3. The summed E-state index contributed by atoms with van der Waals surface area (Å²) in [5, 5.41) is 7.90. The van der Waals surface area contributed by atoms with Gasteiger partial charge in [-0.3, -0.25) is 14.9 Å². The van der Waals surface area contributed by atoms with Crippen LogP contribution in [0.1, 0.15) is 26.3 Å². The molecule has 0 aliphatic heterocycles. The summed E-state index contributed by atoms with van der Waals surface area (Å²) in [7, 11) is 0. The number of hydrogen-bond acceptors (Lipinski definition) is 3. The highest BCUT2D eigenvalue weighted by Crippen LogP contribution is 2.30. The third-order valence-electron chi connectivity index (χ3n) is 5.31. The summed E-state index contributed by atoms with van der Waals surface area (Å²) in [5.74, 6) is -1.01. The zero-order valence-electron chi connectivity index (χ0n) is 19.2. The van der Waals surface area contributed by atoms with E-state index in [1.807, 2.05) is 42.5 Å². The summed E-state index contributed by atoms with van der Waals surface area (Å²) in [5.41, 5.74) is 2.17. The van der Waals surface area contributed by atoms with Crippen molar-refractivity contribution in [2.75, 3.05) is 10.6 Å². The van der Waals surface area contributed by atoms with Crippen LogP contribution < -0.4 is 16.0 Å². The number of alkyl halides is 3. The van der Waals surface area contributed by atoms with Crippen LogP contribution in [0.15, 0.2) is 103 Å². The maximum atomic E-state index is 12.9. The summed E-state index contributed by atoms with van der Waals surface area (Å²) >= 11 is 5.23. The molecule has 186 valence electrons. The first-order chi connectivity index (χ1) is 17.7. The average molecular weight is 520 g/mol. The Hall–Kier alpha value is -4.50. The lowest BCUT2D eigenvalue weighted by atomic mass is 10.0. The molecule has 37 heavy (non-hydrogen) atoms. The Morgan fingerprint density at radius 1 is 0.622 bits per heavy atom. The van der Waals surface area contributed by atoms with Crippen molar-refractivity contribution >= 4 is 40.5 Å². The van der Waals surface area contributed by atoms with Crippen LogP contribution in [0, 0.1) is 0 Å². The van der Waals surface area contributed by atoms with Crippen LogP contribution in [0.5, 0.6) is 0 Å². The molecule has 0 saturated heterocycles. The van der Waals surface area contributed by atoms with Gasteiger partial charge in [0, 0.05) is 22.5 Å².